The number of carbonyl (C=O) groups is 2. The monoisotopic (exact) mass is 270 g/mol. The summed E-state index contributed by atoms with van der Waals surface area (Å²) in [7, 11) is 1.76. The van der Waals surface area contributed by atoms with Crippen molar-refractivity contribution in [2.75, 3.05) is 20.1 Å². The van der Waals surface area contributed by atoms with E-state index in [0.717, 1.165) is 12.8 Å². The van der Waals surface area contributed by atoms with Gasteiger partial charge >= 0.3 is 12.0 Å². The van der Waals surface area contributed by atoms with Crippen LogP contribution in [0.5, 0.6) is 0 Å². The van der Waals surface area contributed by atoms with E-state index < -0.39 is 11.5 Å². The quantitative estimate of drug-likeness (QED) is 0.834. The Labute approximate surface area is 115 Å². The molecule has 5 heteroatoms. The van der Waals surface area contributed by atoms with E-state index in [4.69, 9.17) is 0 Å². The van der Waals surface area contributed by atoms with Crippen LogP contribution < -0.4 is 0 Å². The third kappa shape index (κ3) is 3.19. The number of amides is 2. The number of rotatable bonds is 5. The van der Waals surface area contributed by atoms with Crippen LogP contribution in [-0.4, -0.2) is 52.6 Å². The molecule has 0 spiro atoms. The summed E-state index contributed by atoms with van der Waals surface area (Å²) < 4.78 is 0. The fourth-order valence-corrected chi connectivity index (χ4v) is 2.65. The van der Waals surface area contributed by atoms with Gasteiger partial charge in [0, 0.05) is 20.1 Å². The van der Waals surface area contributed by atoms with Crippen molar-refractivity contribution in [3.8, 4) is 0 Å². The van der Waals surface area contributed by atoms with E-state index in [9.17, 15) is 14.7 Å². The molecule has 0 aliphatic carbocycles. The molecule has 1 heterocycles. The summed E-state index contributed by atoms with van der Waals surface area (Å²) >= 11 is 0. The van der Waals surface area contributed by atoms with Crippen LogP contribution in [0.3, 0.4) is 0 Å². The van der Waals surface area contributed by atoms with Gasteiger partial charge in [-0.1, -0.05) is 20.8 Å². The zero-order valence-electron chi connectivity index (χ0n) is 12.5. The second-order valence-corrected chi connectivity index (χ2v) is 5.83. The predicted octanol–water partition coefficient (Wildman–Crippen LogP) is 2.41. The first kappa shape index (κ1) is 15.8. The van der Waals surface area contributed by atoms with E-state index in [1.54, 1.807) is 16.8 Å². The molecule has 1 unspecified atom stereocenters. The molecule has 1 fully saturated rings. The minimum absolute atomic E-state index is 0.151. The molecule has 2 amide bonds. The number of carbonyl (C=O) groups excluding carboxylic acids is 1. The van der Waals surface area contributed by atoms with Gasteiger partial charge in [-0.15, -0.1) is 0 Å². The van der Waals surface area contributed by atoms with Crippen molar-refractivity contribution in [3.05, 3.63) is 0 Å². The highest BCUT2D eigenvalue weighted by Crippen LogP contribution is 2.33. The van der Waals surface area contributed by atoms with Gasteiger partial charge < -0.3 is 14.9 Å². The van der Waals surface area contributed by atoms with Crippen LogP contribution in [0.25, 0.3) is 0 Å². The first-order valence-electron chi connectivity index (χ1n) is 7.11. The molecule has 5 nitrogen and oxygen atoms in total. The van der Waals surface area contributed by atoms with Crippen molar-refractivity contribution in [2.24, 2.45) is 5.92 Å². The van der Waals surface area contributed by atoms with Crippen molar-refractivity contribution in [2.45, 2.75) is 52.0 Å². The molecular formula is C14H26N2O3. The molecule has 1 N–H and O–H groups in total. The molecule has 110 valence electrons. The number of likely N-dealkylation sites (tertiary alicyclic amines) is 1. The van der Waals surface area contributed by atoms with Crippen LogP contribution in [0.4, 0.5) is 4.79 Å². The van der Waals surface area contributed by atoms with Crippen LogP contribution in [0, 0.1) is 5.92 Å². The smallest absolute Gasteiger partial charge is 0.329 e. The Morgan fingerprint density at radius 3 is 2.53 bits per heavy atom. The number of urea groups is 1. The maximum Gasteiger partial charge on any atom is 0.329 e. The Bertz CT molecular complexity index is 344. The summed E-state index contributed by atoms with van der Waals surface area (Å²) in [4.78, 5) is 27.2. The maximum absolute atomic E-state index is 12.4. The molecule has 1 atom stereocenters. The van der Waals surface area contributed by atoms with Crippen molar-refractivity contribution in [3.63, 3.8) is 0 Å². The van der Waals surface area contributed by atoms with Crippen molar-refractivity contribution >= 4 is 12.0 Å². The number of nitrogens with zero attached hydrogens (tertiary/aromatic N) is 2. The largest absolute Gasteiger partial charge is 0.479 e. The lowest BCUT2D eigenvalue weighted by Crippen LogP contribution is -2.56. The van der Waals surface area contributed by atoms with E-state index in [2.05, 4.69) is 13.8 Å². The second-order valence-electron chi connectivity index (χ2n) is 5.83. The van der Waals surface area contributed by atoms with Crippen LogP contribution in [0.15, 0.2) is 0 Å². The van der Waals surface area contributed by atoms with E-state index in [1.807, 2.05) is 6.92 Å². The molecule has 1 rings (SSSR count). The summed E-state index contributed by atoms with van der Waals surface area (Å²) in [6.07, 6.45) is 2.72. The van der Waals surface area contributed by atoms with Gasteiger partial charge in [0.2, 0.25) is 0 Å². The summed E-state index contributed by atoms with van der Waals surface area (Å²) in [5.41, 5.74) is -0.997. The number of hydrogen-bond donors (Lipinski definition) is 1. The molecule has 0 aromatic carbocycles. The van der Waals surface area contributed by atoms with Gasteiger partial charge in [0.05, 0.1) is 0 Å². The second kappa shape index (κ2) is 6.26. The molecule has 0 bridgehead atoms. The van der Waals surface area contributed by atoms with Crippen LogP contribution >= 0.6 is 0 Å². The van der Waals surface area contributed by atoms with Gasteiger partial charge in [0.25, 0.3) is 0 Å². The van der Waals surface area contributed by atoms with Crippen LogP contribution in [-0.2, 0) is 4.79 Å². The summed E-state index contributed by atoms with van der Waals surface area (Å²) in [6, 6.07) is -0.151. The molecule has 1 aliphatic heterocycles. The lowest BCUT2D eigenvalue weighted by Gasteiger charge is -2.36. The Kier molecular flexibility index (Phi) is 5.20. The fraction of sp³-hybridized carbons (Fsp3) is 0.857. The highest BCUT2D eigenvalue weighted by atomic mass is 16.4. The highest BCUT2D eigenvalue weighted by Gasteiger charge is 2.49. The van der Waals surface area contributed by atoms with E-state index in [1.165, 1.54) is 0 Å². The molecule has 0 aromatic heterocycles. The average Bonchev–Trinajstić information content (AvgIpc) is 2.79. The van der Waals surface area contributed by atoms with Gasteiger partial charge in [-0.25, -0.2) is 9.59 Å². The van der Waals surface area contributed by atoms with Gasteiger partial charge in [-0.2, -0.15) is 0 Å². The predicted molar refractivity (Wildman–Crippen MR) is 74.1 cm³/mol. The van der Waals surface area contributed by atoms with Crippen molar-refractivity contribution in [1.82, 2.24) is 9.80 Å². The molecule has 19 heavy (non-hydrogen) atoms. The third-order valence-electron chi connectivity index (χ3n) is 4.07. The third-order valence-corrected chi connectivity index (χ3v) is 4.07. The summed E-state index contributed by atoms with van der Waals surface area (Å²) in [5, 5.41) is 9.47. The highest BCUT2D eigenvalue weighted by molar-refractivity contribution is 5.87. The molecule has 1 saturated heterocycles. The van der Waals surface area contributed by atoms with E-state index >= 15 is 0 Å². The Balaban J connectivity index is 2.77. The molecule has 0 saturated carbocycles. The van der Waals surface area contributed by atoms with Gasteiger partial charge in [-0.05, 0) is 31.6 Å². The van der Waals surface area contributed by atoms with Gasteiger partial charge in [-0.3, -0.25) is 0 Å². The SMILES string of the molecule is CCC1(C(=O)O)CCCN1C(=O)N(C)CCC(C)C. The molecule has 0 aromatic rings. The van der Waals surface area contributed by atoms with Gasteiger partial charge in [0.1, 0.15) is 5.54 Å². The molecular weight excluding hydrogens is 244 g/mol. The van der Waals surface area contributed by atoms with E-state index in [0.29, 0.717) is 31.8 Å². The minimum atomic E-state index is -0.997. The lowest BCUT2D eigenvalue weighted by atomic mass is 9.93. The Morgan fingerprint density at radius 1 is 1.42 bits per heavy atom. The summed E-state index contributed by atoms with van der Waals surface area (Å²) in [6.45, 7) is 7.29. The van der Waals surface area contributed by atoms with Crippen LogP contribution in [0.2, 0.25) is 0 Å². The number of carboxylic acids is 1. The number of hydrogen-bond acceptors (Lipinski definition) is 2. The molecule has 1 aliphatic rings. The first-order chi connectivity index (χ1) is 8.85. The fourth-order valence-electron chi connectivity index (χ4n) is 2.65. The Hall–Kier alpha value is -1.26. The Morgan fingerprint density at radius 2 is 2.05 bits per heavy atom. The van der Waals surface area contributed by atoms with Gasteiger partial charge in [0.15, 0.2) is 0 Å². The minimum Gasteiger partial charge on any atom is -0.479 e. The summed E-state index contributed by atoms with van der Waals surface area (Å²) in [5.74, 6) is -0.345. The molecule has 0 radical (unpaired) electrons. The zero-order chi connectivity index (χ0) is 14.6. The topological polar surface area (TPSA) is 60.9 Å². The van der Waals surface area contributed by atoms with Crippen molar-refractivity contribution < 1.29 is 14.7 Å². The number of aliphatic carboxylic acids is 1. The standard InChI is InChI=1S/C14H26N2O3/c1-5-14(12(17)18)8-6-9-16(14)13(19)15(4)10-7-11(2)3/h11H,5-10H2,1-4H3,(H,17,18). The zero-order valence-corrected chi connectivity index (χ0v) is 12.5. The average molecular weight is 270 g/mol. The lowest BCUT2D eigenvalue weighted by molar-refractivity contribution is -0.148. The number of carboxylic acid groups (broad SMARTS) is 1. The normalized spacial score (nSPS) is 22.9. The maximum atomic E-state index is 12.4. The van der Waals surface area contributed by atoms with Crippen LogP contribution in [0.1, 0.15) is 46.5 Å². The van der Waals surface area contributed by atoms with Crippen molar-refractivity contribution in [1.29, 1.82) is 0 Å². The first-order valence-corrected chi connectivity index (χ1v) is 7.11. The van der Waals surface area contributed by atoms with E-state index in [-0.39, 0.29) is 6.03 Å².